The van der Waals surface area contributed by atoms with Gasteiger partial charge in [-0.15, -0.1) is 11.3 Å². The molecule has 3 aromatic rings. The van der Waals surface area contributed by atoms with Gasteiger partial charge in [-0.05, 0) is 37.1 Å². The van der Waals surface area contributed by atoms with Gasteiger partial charge in [0, 0.05) is 25.5 Å². The maximum Gasteiger partial charge on any atom is 0.294 e. The Morgan fingerprint density at radius 3 is 2.92 bits per heavy atom. The minimum absolute atomic E-state index is 0.138. The first kappa shape index (κ1) is 17.0. The van der Waals surface area contributed by atoms with Gasteiger partial charge in [0.05, 0.1) is 16.7 Å². The number of aliphatic hydroxyl groups excluding tert-OH is 1. The number of carbonyl (C=O) groups is 1. The lowest BCUT2D eigenvalue weighted by atomic mass is 10.3. The van der Waals surface area contributed by atoms with Crippen LogP contribution in [0.4, 0.5) is 0 Å². The van der Waals surface area contributed by atoms with E-state index in [1.165, 1.54) is 0 Å². The Hall–Kier alpha value is -2.45. The molecular formula is C18H20N4O3S. The molecule has 26 heavy (non-hydrogen) atoms. The Morgan fingerprint density at radius 2 is 2.27 bits per heavy atom. The third-order valence-corrected chi connectivity index (χ3v) is 5.32. The molecule has 1 saturated carbocycles. The molecule has 7 nitrogen and oxygen atoms in total. The molecule has 3 aromatic heterocycles. The summed E-state index contributed by atoms with van der Waals surface area (Å²) in [6.07, 6.45) is 5.07. The van der Waals surface area contributed by atoms with Crippen molar-refractivity contribution in [2.75, 3.05) is 6.54 Å². The third-order valence-electron chi connectivity index (χ3n) is 4.42. The summed E-state index contributed by atoms with van der Waals surface area (Å²) in [5.41, 5.74) is 1.08. The van der Waals surface area contributed by atoms with Crippen LogP contribution in [0.3, 0.4) is 0 Å². The van der Waals surface area contributed by atoms with Crippen LogP contribution in [-0.2, 0) is 6.54 Å². The van der Waals surface area contributed by atoms with E-state index in [-0.39, 0.29) is 23.4 Å². The summed E-state index contributed by atoms with van der Waals surface area (Å²) >= 11 is 1.58. The van der Waals surface area contributed by atoms with Gasteiger partial charge in [-0.25, -0.2) is 4.98 Å². The van der Waals surface area contributed by atoms with Gasteiger partial charge in [-0.2, -0.15) is 0 Å². The SMILES string of the molecule is C[C@@H](O)CNC(=O)c1cn2cc(-c3cccs3)n(CC3CC3)c(=O)c2n1. The van der Waals surface area contributed by atoms with Crippen molar-refractivity contribution in [3.8, 4) is 10.6 Å². The summed E-state index contributed by atoms with van der Waals surface area (Å²) < 4.78 is 3.40. The molecule has 136 valence electrons. The molecule has 0 aliphatic heterocycles. The molecule has 0 bridgehead atoms. The topological polar surface area (TPSA) is 88.6 Å². The average molecular weight is 372 g/mol. The number of amides is 1. The number of aromatic nitrogens is 3. The van der Waals surface area contributed by atoms with Crippen LogP contribution in [0.5, 0.6) is 0 Å². The number of hydrogen-bond acceptors (Lipinski definition) is 5. The zero-order valence-corrected chi connectivity index (χ0v) is 15.2. The van der Waals surface area contributed by atoms with Crippen molar-refractivity contribution in [1.82, 2.24) is 19.3 Å². The Morgan fingerprint density at radius 1 is 1.46 bits per heavy atom. The molecule has 4 rings (SSSR count). The quantitative estimate of drug-likeness (QED) is 0.690. The minimum atomic E-state index is -0.641. The predicted octanol–water partition coefficient (Wildman–Crippen LogP) is 1.75. The van der Waals surface area contributed by atoms with E-state index in [1.807, 2.05) is 23.7 Å². The molecule has 0 spiro atoms. The van der Waals surface area contributed by atoms with Gasteiger partial charge in [0.25, 0.3) is 11.5 Å². The Labute approximate surface area is 153 Å². The number of imidazole rings is 1. The number of nitrogens with one attached hydrogen (secondary N) is 1. The zero-order valence-electron chi connectivity index (χ0n) is 14.4. The number of thiophene rings is 1. The fourth-order valence-corrected chi connectivity index (χ4v) is 3.63. The number of rotatable bonds is 6. The number of hydrogen-bond donors (Lipinski definition) is 2. The van der Waals surface area contributed by atoms with Gasteiger partial charge in [-0.3, -0.25) is 14.0 Å². The van der Waals surface area contributed by atoms with Gasteiger partial charge in [0.2, 0.25) is 5.65 Å². The summed E-state index contributed by atoms with van der Waals surface area (Å²) in [7, 11) is 0. The van der Waals surface area contributed by atoms with Gasteiger partial charge in [-0.1, -0.05) is 6.07 Å². The maximum absolute atomic E-state index is 13.0. The highest BCUT2D eigenvalue weighted by molar-refractivity contribution is 7.13. The third kappa shape index (κ3) is 3.30. The van der Waals surface area contributed by atoms with Crippen molar-refractivity contribution in [3.05, 3.63) is 46.0 Å². The van der Waals surface area contributed by atoms with Crippen LogP contribution < -0.4 is 10.9 Å². The first-order valence-electron chi connectivity index (χ1n) is 8.65. The van der Waals surface area contributed by atoms with Crippen LogP contribution in [0.15, 0.2) is 34.7 Å². The Kier molecular flexibility index (Phi) is 4.37. The number of carbonyl (C=O) groups excluding carboxylic acids is 1. The van der Waals surface area contributed by atoms with E-state index in [1.54, 1.807) is 33.4 Å². The van der Waals surface area contributed by atoms with E-state index in [4.69, 9.17) is 0 Å². The second-order valence-corrected chi connectivity index (χ2v) is 7.71. The lowest BCUT2D eigenvalue weighted by Gasteiger charge is -2.11. The second kappa shape index (κ2) is 6.69. The highest BCUT2D eigenvalue weighted by Gasteiger charge is 2.25. The first-order valence-corrected chi connectivity index (χ1v) is 9.53. The fraction of sp³-hybridized carbons (Fsp3) is 0.389. The number of aliphatic hydroxyl groups is 1. The normalized spacial score (nSPS) is 15.3. The molecule has 2 N–H and O–H groups in total. The lowest BCUT2D eigenvalue weighted by Crippen LogP contribution is -2.30. The molecule has 1 aliphatic rings. The van der Waals surface area contributed by atoms with Gasteiger partial charge < -0.3 is 15.0 Å². The van der Waals surface area contributed by atoms with Gasteiger partial charge >= 0.3 is 0 Å². The summed E-state index contributed by atoms with van der Waals surface area (Å²) in [4.78, 5) is 30.5. The highest BCUT2D eigenvalue weighted by atomic mass is 32.1. The second-order valence-electron chi connectivity index (χ2n) is 6.77. The lowest BCUT2D eigenvalue weighted by molar-refractivity contribution is 0.0919. The van der Waals surface area contributed by atoms with E-state index in [0.29, 0.717) is 12.5 Å². The monoisotopic (exact) mass is 372 g/mol. The van der Waals surface area contributed by atoms with E-state index >= 15 is 0 Å². The van der Waals surface area contributed by atoms with Crippen LogP contribution in [0, 0.1) is 5.92 Å². The van der Waals surface area contributed by atoms with Crippen LogP contribution in [0.2, 0.25) is 0 Å². The van der Waals surface area contributed by atoms with E-state index in [9.17, 15) is 14.7 Å². The molecule has 1 atom stereocenters. The summed E-state index contributed by atoms with van der Waals surface area (Å²) in [6.45, 7) is 2.41. The smallest absolute Gasteiger partial charge is 0.294 e. The number of nitrogens with zero attached hydrogens (tertiary/aromatic N) is 3. The summed E-state index contributed by atoms with van der Waals surface area (Å²) in [6, 6.07) is 3.95. The molecular weight excluding hydrogens is 352 g/mol. The molecule has 8 heteroatoms. The van der Waals surface area contributed by atoms with Crippen LogP contribution in [0.1, 0.15) is 30.3 Å². The van der Waals surface area contributed by atoms with Crippen LogP contribution in [0.25, 0.3) is 16.2 Å². The Bertz CT molecular complexity index is 1000. The average Bonchev–Trinajstić information content (AvgIpc) is 3.10. The zero-order chi connectivity index (χ0) is 18.3. The highest BCUT2D eigenvalue weighted by Crippen LogP contribution is 2.32. The molecule has 0 saturated heterocycles. The first-order chi connectivity index (χ1) is 12.5. The molecule has 1 fully saturated rings. The van der Waals surface area contributed by atoms with Crippen molar-refractivity contribution >= 4 is 22.9 Å². The van der Waals surface area contributed by atoms with Crippen molar-refractivity contribution in [3.63, 3.8) is 0 Å². The predicted molar refractivity (Wildman–Crippen MR) is 99.5 cm³/mol. The minimum Gasteiger partial charge on any atom is -0.392 e. The van der Waals surface area contributed by atoms with Gasteiger partial charge in [0.15, 0.2) is 0 Å². The largest absolute Gasteiger partial charge is 0.392 e. The molecule has 0 aromatic carbocycles. The van der Waals surface area contributed by atoms with Crippen LogP contribution >= 0.6 is 11.3 Å². The van der Waals surface area contributed by atoms with Gasteiger partial charge in [0.1, 0.15) is 5.69 Å². The van der Waals surface area contributed by atoms with E-state index in [0.717, 1.165) is 23.4 Å². The molecule has 0 radical (unpaired) electrons. The molecule has 1 aliphatic carbocycles. The van der Waals surface area contributed by atoms with E-state index < -0.39 is 12.0 Å². The molecule has 3 heterocycles. The number of fused-ring (bicyclic) bond motifs is 1. The van der Waals surface area contributed by atoms with Crippen molar-refractivity contribution in [2.24, 2.45) is 5.92 Å². The Balaban J connectivity index is 1.78. The van der Waals surface area contributed by atoms with Crippen molar-refractivity contribution in [2.45, 2.75) is 32.4 Å². The maximum atomic E-state index is 13.0. The van der Waals surface area contributed by atoms with Crippen LogP contribution in [-0.4, -0.2) is 37.6 Å². The molecule has 1 amide bonds. The standard InChI is InChI=1S/C18H20N4O3S/c1-11(23)7-19-17(24)13-9-21-10-14(15-3-2-6-26-15)22(8-12-4-5-12)18(25)16(21)20-13/h2-3,6,9-12,23H,4-5,7-8H2,1H3,(H,19,24)/t11-/m1/s1. The molecule has 0 unspecified atom stereocenters. The van der Waals surface area contributed by atoms with Crippen molar-refractivity contribution < 1.29 is 9.90 Å². The van der Waals surface area contributed by atoms with E-state index in [2.05, 4.69) is 10.3 Å². The summed E-state index contributed by atoms with van der Waals surface area (Å²) in [5.74, 6) is 0.137. The summed E-state index contributed by atoms with van der Waals surface area (Å²) in [5, 5.41) is 13.9. The fourth-order valence-electron chi connectivity index (χ4n) is 2.88. The van der Waals surface area contributed by atoms with Crippen molar-refractivity contribution in [1.29, 1.82) is 0 Å².